The molecule has 1 aromatic heterocycles. The number of hydrogen-bond acceptors (Lipinski definition) is 4. The van der Waals surface area contributed by atoms with E-state index in [2.05, 4.69) is 10.4 Å². The van der Waals surface area contributed by atoms with Crippen molar-refractivity contribution >= 4 is 5.69 Å². The van der Waals surface area contributed by atoms with Crippen LogP contribution in [0.2, 0.25) is 0 Å². The van der Waals surface area contributed by atoms with Gasteiger partial charge in [-0.1, -0.05) is 0 Å². The van der Waals surface area contributed by atoms with Crippen molar-refractivity contribution < 1.29 is 9.47 Å². The molecule has 1 aromatic rings. The molecule has 0 unspecified atom stereocenters. The molecule has 0 atom stereocenters. The van der Waals surface area contributed by atoms with Gasteiger partial charge in [0.05, 0.1) is 11.9 Å². The van der Waals surface area contributed by atoms with Crippen molar-refractivity contribution in [3.63, 3.8) is 0 Å². The highest BCUT2D eigenvalue weighted by Crippen LogP contribution is 2.06. The van der Waals surface area contributed by atoms with Crippen molar-refractivity contribution in [1.29, 1.82) is 0 Å². The van der Waals surface area contributed by atoms with Crippen LogP contribution in [-0.4, -0.2) is 35.8 Å². The van der Waals surface area contributed by atoms with Gasteiger partial charge >= 0.3 is 0 Å². The summed E-state index contributed by atoms with van der Waals surface area (Å²) in [5.74, 6) is 0. The number of ether oxygens (including phenoxy) is 2. The molecular formula is C11H21N3O2. The lowest BCUT2D eigenvalue weighted by atomic mass is 10.4. The van der Waals surface area contributed by atoms with E-state index in [1.54, 1.807) is 10.9 Å². The van der Waals surface area contributed by atoms with Crippen LogP contribution in [0.5, 0.6) is 0 Å². The molecule has 1 N–H and O–H groups in total. The fraction of sp³-hybridized carbons (Fsp3) is 0.727. The molecule has 0 spiro atoms. The topological polar surface area (TPSA) is 48.3 Å². The van der Waals surface area contributed by atoms with E-state index in [1.807, 2.05) is 27.1 Å². The Morgan fingerprint density at radius 1 is 1.38 bits per heavy atom. The van der Waals surface area contributed by atoms with Gasteiger partial charge in [0, 0.05) is 39.4 Å². The summed E-state index contributed by atoms with van der Waals surface area (Å²) in [5, 5.41) is 7.35. The Morgan fingerprint density at radius 2 is 2.06 bits per heavy atom. The number of anilines is 1. The van der Waals surface area contributed by atoms with Gasteiger partial charge in [-0.25, -0.2) is 0 Å². The fourth-order valence-corrected chi connectivity index (χ4v) is 1.43. The van der Waals surface area contributed by atoms with Crippen LogP contribution in [0.4, 0.5) is 5.69 Å². The molecule has 5 nitrogen and oxygen atoms in total. The maximum absolute atomic E-state index is 5.44. The summed E-state index contributed by atoms with van der Waals surface area (Å²) in [6.45, 7) is 6.12. The van der Waals surface area contributed by atoms with Crippen LogP contribution < -0.4 is 5.32 Å². The first-order chi connectivity index (χ1) is 7.76. The number of rotatable bonds is 8. The van der Waals surface area contributed by atoms with Gasteiger partial charge in [0.15, 0.2) is 6.29 Å². The van der Waals surface area contributed by atoms with Gasteiger partial charge in [0.2, 0.25) is 0 Å². The first kappa shape index (κ1) is 13.0. The van der Waals surface area contributed by atoms with Crippen molar-refractivity contribution in [2.24, 2.45) is 7.05 Å². The van der Waals surface area contributed by atoms with E-state index in [-0.39, 0.29) is 6.29 Å². The van der Waals surface area contributed by atoms with E-state index < -0.39 is 0 Å². The molecule has 0 aliphatic rings. The number of aryl methyl sites for hydroxylation is 1. The predicted molar refractivity (Wildman–Crippen MR) is 63.4 cm³/mol. The number of nitrogens with one attached hydrogen (secondary N) is 1. The molecule has 0 amide bonds. The monoisotopic (exact) mass is 227 g/mol. The van der Waals surface area contributed by atoms with Crippen LogP contribution in [0.15, 0.2) is 12.4 Å². The van der Waals surface area contributed by atoms with Crippen molar-refractivity contribution in [3.05, 3.63) is 12.4 Å². The second-order valence-electron chi connectivity index (χ2n) is 3.46. The standard InChI is InChI=1S/C11H21N3O2/c1-4-15-11(16-5-2)6-7-12-10-8-13-14(3)9-10/h8-9,11-12H,4-7H2,1-3H3. The summed E-state index contributed by atoms with van der Waals surface area (Å²) >= 11 is 0. The minimum absolute atomic E-state index is 0.112. The molecule has 92 valence electrons. The molecule has 0 aromatic carbocycles. The average molecular weight is 227 g/mol. The molecule has 16 heavy (non-hydrogen) atoms. The normalized spacial score (nSPS) is 11.0. The summed E-state index contributed by atoms with van der Waals surface area (Å²) < 4.78 is 12.7. The quantitative estimate of drug-likeness (QED) is 0.686. The average Bonchev–Trinajstić information content (AvgIpc) is 2.65. The van der Waals surface area contributed by atoms with Gasteiger partial charge in [0.1, 0.15) is 0 Å². The van der Waals surface area contributed by atoms with Crippen LogP contribution in [-0.2, 0) is 16.5 Å². The third kappa shape index (κ3) is 4.63. The van der Waals surface area contributed by atoms with Crippen LogP contribution in [0, 0.1) is 0 Å². The molecule has 1 rings (SSSR count). The summed E-state index contributed by atoms with van der Waals surface area (Å²) in [4.78, 5) is 0. The highest BCUT2D eigenvalue weighted by atomic mass is 16.7. The van der Waals surface area contributed by atoms with Crippen molar-refractivity contribution in [2.75, 3.05) is 25.1 Å². The molecule has 0 aliphatic carbocycles. The zero-order valence-electron chi connectivity index (χ0n) is 10.3. The lowest BCUT2D eigenvalue weighted by Gasteiger charge is -2.16. The Hall–Kier alpha value is -1.07. The molecule has 0 saturated heterocycles. The molecule has 0 radical (unpaired) electrons. The van der Waals surface area contributed by atoms with Crippen LogP contribution in [0.1, 0.15) is 20.3 Å². The van der Waals surface area contributed by atoms with Crippen molar-refractivity contribution in [1.82, 2.24) is 9.78 Å². The highest BCUT2D eigenvalue weighted by molar-refractivity contribution is 5.37. The summed E-state index contributed by atoms with van der Waals surface area (Å²) in [5.41, 5.74) is 1.02. The molecule has 0 saturated carbocycles. The van der Waals surface area contributed by atoms with E-state index in [0.29, 0.717) is 13.2 Å². The van der Waals surface area contributed by atoms with Crippen LogP contribution in [0.3, 0.4) is 0 Å². The van der Waals surface area contributed by atoms with Crippen LogP contribution in [0.25, 0.3) is 0 Å². The van der Waals surface area contributed by atoms with Gasteiger partial charge in [-0.2, -0.15) is 5.10 Å². The van der Waals surface area contributed by atoms with Crippen molar-refractivity contribution in [2.45, 2.75) is 26.6 Å². The molecule has 5 heteroatoms. The number of aromatic nitrogens is 2. The van der Waals surface area contributed by atoms with Gasteiger partial charge in [-0.15, -0.1) is 0 Å². The third-order valence-corrected chi connectivity index (χ3v) is 2.12. The van der Waals surface area contributed by atoms with Gasteiger partial charge < -0.3 is 14.8 Å². The smallest absolute Gasteiger partial charge is 0.159 e. The van der Waals surface area contributed by atoms with E-state index in [9.17, 15) is 0 Å². The lowest BCUT2D eigenvalue weighted by Crippen LogP contribution is -2.20. The van der Waals surface area contributed by atoms with Crippen molar-refractivity contribution in [3.8, 4) is 0 Å². The maximum atomic E-state index is 5.44. The Kier molecular flexibility index (Phi) is 5.88. The molecule has 0 fully saturated rings. The number of hydrogen-bond donors (Lipinski definition) is 1. The molecule has 0 aliphatic heterocycles. The molecule has 1 heterocycles. The Bertz CT molecular complexity index is 283. The number of nitrogens with zero attached hydrogens (tertiary/aromatic N) is 2. The minimum atomic E-state index is -0.112. The Morgan fingerprint density at radius 3 is 2.56 bits per heavy atom. The maximum Gasteiger partial charge on any atom is 0.159 e. The zero-order chi connectivity index (χ0) is 11.8. The summed E-state index contributed by atoms with van der Waals surface area (Å²) in [6.07, 6.45) is 4.46. The lowest BCUT2D eigenvalue weighted by molar-refractivity contribution is -0.137. The zero-order valence-corrected chi connectivity index (χ0v) is 10.3. The summed E-state index contributed by atoms with van der Waals surface area (Å²) in [7, 11) is 1.90. The minimum Gasteiger partial charge on any atom is -0.382 e. The van der Waals surface area contributed by atoms with E-state index >= 15 is 0 Å². The fourth-order valence-electron chi connectivity index (χ4n) is 1.43. The third-order valence-electron chi connectivity index (χ3n) is 2.12. The van der Waals surface area contributed by atoms with E-state index in [1.165, 1.54) is 0 Å². The highest BCUT2D eigenvalue weighted by Gasteiger charge is 2.07. The van der Waals surface area contributed by atoms with Crippen LogP contribution >= 0.6 is 0 Å². The van der Waals surface area contributed by atoms with E-state index in [4.69, 9.17) is 9.47 Å². The Balaban J connectivity index is 2.21. The largest absolute Gasteiger partial charge is 0.382 e. The second kappa shape index (κ2) is 7.24. The first-order valence-corrected chi connectivity index (χ1v) is 5.72. The molecular weight excluding hydrogens is 206 g/mol. The summed E-state index contributed by atoms with van der Waals surface area (Å²) in [6, 6.07) is 0. The molecule has 0 bridgehead atoms. The predicted octanol–water partition coefficient (Wildman–Crippen LogP) is 1.62. The van der Waals surface area contributed by atoms with Gasteiger partial charge in [-0.05, 0) is 13.8 Å². The van der Waals surface area contributed by atoms with Gasteiger partial charge in [0.25, 0.3) is 0 Å². The Labute approximate surface area is 96.7 Å². The first-order valence-electron chi connectivity index (χ1n) is 5.72. The SMILES string of the molecule is CCOC(CCNc1cnn(C)c1)OCC. The second-order valence-corrected chi connectivity index (χ2v) is 3.46. The van der Waals surface area contributed by atoms with E-state index in [0.717, 1.165) is 18.7 Å². The van der Waals surface area contributed by atoms with Gasteiger partial charge in [-0.3, -0.25) is 4.68 Å².